The van der Waals surface area contributed by atoms with Crippen LogP contribution in [-0.2, 0) is 10.8 Å². The van der Waals surface area contributed by atoms with E-state index in [9.17, 15) is 19.1 Å². The zero-order valence-electron chi connectivity index (χ0n) is 11.8. The monoisotopic (exact) mass is 314 g/mol. The van der Waals surface area contributed by atoms with Gasteiger partial charge in [-0.05, 0) is 25.5 Å². The van der Waals surface area contributed by atoms with E-state index in [2.05, 4.69) is 10.7 Å². The summed E-state index contributed by atoms with van der Waals surface area (Å²) < 4.78 is 11.0. The Morgan fingerprint density at radius 2 is 2.19 bits per heavy atom. The van der Waals surface area contributed by atoms with Gasteiger partial charge in [-0.15, -0.1) is 0 Å². The van der Waals surface area contributed by atoms with Gasteiger partial charge in [0.2, 0.25) is 0 Å². The van der Waals surface area contributed by atoms with Crippen molar-refractivity contribution in [3.05, 3.63) is 33.9 Å². The number of rotatable bonds is 7. The predicted molar refractivity (Wildman–Crippen MR) is 81.4 cm³/mol. The first-order valence-corrected chi connectivity index (χ1v) is 7.93. The Balaban J connectivity index is 2.79. The fourth-order valence-electron chi connectivity index (χ4n) is 1.67. The van der Waals surface area contributed by atoms with E-state index in [4.69, 9.17) is 5.84 Å². The molecule has 0 spiro atoms. The third kappa shape index (κ3) is 5.12. The van der Waals surface area contributed by atoms with E-state index in [0.29, 0.717) is 12.2 Å². The average molecular weight is 314 g/mol. The topological polar surface area (TPSA) is 127 Å². The molecule has 0 aliphatic rings. The van der Waals surface area contributed by atoms with Crippen LogP contribution in [0.25, 0.3) is 0 Å². The lowest BCUT2D eigenvalue weighted by Crippen LogP contribution is -2.33. The highest BCUT2D eigenvalue weighted by Crippen LogP contribution is 2.24. The van der Waals surface area contributed by atoms with Gasteiger partial charge in [0.05, 0.1) is 4.92 Å². The van der Waals surface area contributed by atoms with Crippen molar-refractivity contribution in [1.82, 2.24) is 5.32 Å². The number of anilines is 1. The lowest BCUT2D eigenvalue weighted by atomic mass is 10.1. The summed E-state index contributed by atoms with van der Waals surface area (Å²) in [5.41, 5.74) is 2.33. The second-order valence-corrected chi connectivity index (χ2v) is 6.13. The fraction of sp³-hybridized carbons (Fsp3) is 0.417. The average Bonchev–Trinajstić information content (AvgIpc) is 2.44. The molecule has 21 heavy (non-hydrogen) atoms. The quantitative estimate of drug-likeness (QED) is 0.387. The summed E-state index contributed by atoms with van der Waals surface area (Å²) in [7, 11) is -0.912. The molecule has 0 fully saturated rings. The highest BCUT2D eigenvalue weighted by Gasteiger charge is 2.17. The third-order valence-electron chi connectivity index (χ3n) is 2.83. The Labute approximate surface area is 124 Å². The number of nitrogens with two attached hydrogens (primary N) is 1. The molecule has 0 radical (unpaired) electrons. The van der Waals surface area contributed by atoms with Gasteiger partial charge in [-0.3, -0.25) is 25.0 Å². The Morgan fingerprint density at radius 3 is 2.71 bits per heavy atom. The van der Waals surface area contributed by atoms with Crippen LogP contribution < -0.4 is 16.6 Å². The molecule has 1 aromatic carbocycles. The van der Waals surface area contributed by atoms with Gasteiger partial charge in [0, 0.05) is 40.5 Å². The number of carbonyl (C=O) groups is 1. The molecule has 0 saturated carbocycles. The van der Waals surface area contributed by atoms with E-state index >= 15 is 0 Å². The van der Waals surface area contributed by atoms with E-state index in [1.54, 1.807) is 13.2 Å². The van der Waals surface area contributed by atoms with Gasteiger partial charge < -0.3 is 10.7 Å². The number of nitro groups is 1. The molecule has 1 amide bonds. The lowest BCUT2D eigenvalue weighted by molar-refractivity contribution is -0.384. The highest BCUT2D eigenvalue weighted by atomic mass is 32.2. The van der Waals surface area contributed by atoms with Crippen LogP contribution in [0, 0.1) is 10.1 Å². The number of hydrazine groups is 1. The van der Waals surface area contributed by atoms with E-state index in [-0.39, 0.29) is 28.9 Å². The van der Waals surface area contributed by atoms with Crippen molar-refractivity contribution in [3.8, 4) is 0 Å². The summed E-state index contributed by atoms with van der Waals surface area (Å²) in [5, 5.41) is 13.5. The van der Waals surface area contributed by atoms with Crippen LogP contribution in [0.15, 0.2) is 18.2 Å². The maximum absolute atomic E-state index is 12.0. The normalized spacial score (nSPS) is 13.3. The molecule has 0 bridgehead atoms. The molecule has 0 aliphatic carbocycles. The van der Waals surface area contributed by atoms with Crippen LogP contribution >= 0.6 is 0 Å². The van der Waals surface area contributed by atoms with Gasteiger partial charge in [-0.1, -0.05) is 0 Å². The highest BCUT2D eigenvalue weighted by molar-refractivity contribution is 7.84. The summed E-state index contributed by atoms with van der Waals surface area (Å²) in [5.74, 6) is 5.35. The molecule has 4 N–H and O–H groups in total. The number of nitrogen functional groups attached to an aromatic ring is 1. The van der Waals surface area contributed by atoms with Crippen molar-refractivity contribution in [2.24, 2.45) is 5.84 Å². The SMILES string of the molecule is CC(CCS(C)=O)NC(=O)c1ccc([N+](=O)[O-])c(NN)c1. The van der Waals surface area contributed by atoms with Crippen LogP contribution in [0.2, 0.25) is 0 Å². The van der Waals surface area contributed by atoms with Crippen molar-refractivity contribution >= 4 is 28.1 Å². The lowest BCUT2D eigenvalue weighted by Gasteiger charge is -2.13. The van der Waals surface area contributed by atoms with Crippen LogP contribution in [0.1, 0.15) is 23.7 Å². The van der Waals surface area contributed by atoms with Crippen LogP contribution in [-0.4, -0.2) is 33.1 Å². The van der Waals surface area contributed by atoms with Crippen molar-refractivity contribution in [2.45, 2.75) is 19.4 Å². The first kappa shape index (κ1) is 17.1. The molecule has 0 saturated heterocycles. The van der Waals surface area contributed by atoms with E-state index in [0.717, 1.165) is 0 Å². The van der Waals surface area contributed by atoms with E-state index in [1.807, 2.05) is 0 Å². The first-order valence-electron chi connectivity index (χ1n) is 6.21. The summed E-state index contributed by atoms with van der Waals surface area (Å²) in [6.45, 7) is 1.80. The molecular weight excluding hydrogens is 296 g/mol. The van der Waals surface area contributed by atoms with Gasteiger partial charge in [-0.2, -0.15) is 0 Å². The molecule has 8 nitrogen and oxygen atoms in total. The number of carbonyl (C=O) groups excluding carboxylic acids is 1. The standard InChI is InChI=1S/C12H18N4O4S/c1-8(5-6-21(2)20)14-12(17)9-3-4-11(16(18)19)10(7-9)15-13/h3-4,7-8,15H,5-6,13H2,1-2H3,(H,14,17). The van der Waals surface area contributed by atoms with Crippen molar-refractivity contribution in [3.63, 3.8) is 0 Å². The maximum Gasteiger partial charge on any atom is 0.293 e. The Bertz CT molecular complexity index is 564. The molecule has 1 aromatic rings. The molecule has 0 heterocycles. The number of nitrogens with zero attached hydrogens (tertiary/aromatic N) is 1. The first-order chi connectivity index (χ1) is 9.85. The molecule has 9 heteroatoms. The minimum Gasteiger partial charge on any atom is -0.350 e. The number of nitro benzene ring substituents is 1. The summed E-state index contributed by atoms with van der Waals surface area (Å²) in [6, 6.07) is 3.75. The van der Waals surface area contributed by atoms with E-state index in [1.165, 1.54) is 18.2 Å². The van der Waals surface area contributed by atoms with Gasteiger partial charge in [0.15, 0.2) is 0 Å². The van der Waals surface area contributed by atoms with Crippen LogP contribution in [0.5, 0.6) is 0 Å². The van der Waals surface area contributed by atoms with Gasteiger partial charge >= 0.3 is 0 Å². The summed E-state index contributed by atoms with van der Waals surface area (Å²) >= 11 is 0. The minimum absolute atomic E-state index is 0.0648. The Morgan fingerprint density at radius 1 is 1.52 bits per heavy atom. The Hall–Kier alpha value is -2.00. The number of hydrogen-bond donors (Lipinski definition) is 3. The van der Waals surface area contributed by atoms with Crippen molar-refractivity contribution < 1.29 is 13.9 Å². The zero-order valence-corrected chi connectivity index (χ0v) is 12.6. The maximum atomic E-state index is 12.0. The van der Waals surface area contributed by atoms with Crippen LogP contribution in [0.3, 0.4) is 0 Å². The molecule has 0 aliphatic heterocycles. The molecule has 0 aromatic heterocycles. The smallest absolute Gasteiger partial charge is 0.293 e. The molecule has 2 unspecified atom stereocenters. The number of hydrogen-bond acceptors (Lipinski definition) is 6. The number of nitrogens with one attached hydrogen (secondary N) is 2. The number of benzene rings is 1. The second-order valence-electron chi connectivity index (χ2n) is 4.57. The summed E-state index contributed by atoms with van der Waals surface area (Å²) in [4.78, 5) is 22.2. The van der Waals surface area contributed by atoms with Gasteiger partial charge in [0.1, 0.15) is 5.69 Å². The van der Waals surface area contributed by atoms with Crippen molar-refractivity contribution in [2.75, 3.05) is 17.4 Å². The van der Waals surface area contributed by atoms with Gasteiger partial charge in [0.25, 0.3) is 11.6 Å². The van der Waals surface area contributed by atoms with Crippen molar-refractivity contribution in [1.29, 1.82) is 0 Å². The van der Waals surface area contributed by atoms with Gasteiger partial charge in [-0.25, -0.2) is 0 Å². The molecule has 2 atom stereocenters. The van der Waals surface area contributed by atoms with Crippen LogP contribution in [0.4, 0.5) is 11.4 Å². The minimum atomic E-state index is -0.912. The largest absolute Gasteiger partial charge is 0.350 e. The zero-order chi connectivity index (χ0) is 16.0. The second kappa shape index (κ2) is 7.70. The third-order valence-corrected chi connectivity index (χ3v) is 3.64. The fourth-order valence-corrected chi connectivity index (χ4v) is 2.36. The summed E-state index contributed by atoms with van der Waals surface area (Å²) in [6.07, 6.45) is 2.19. The van der Waals surface area contributed by atoms with E-state index < -0.39 is 15.7 Å². The predicted octanol–water partition coefficient (Wildman–Crippen LogP) is 0.767. The number of amides is 1. The molecular formula is C12H18N4O4S. The molecule has 116 valence electrons. The Kier molecular flexibility index (Phi) is 6.25. The molecule has 1 rings (SSSR count).